The van der Waals surface area contributed by atoms with Gasteiger partial charge in [0, 0.05) is 6.20 Å². The molecule has 9 heteroatoms. The minimum absolute atomic E-state index is 0.00163. The van der Waals surface area contributed by atoms with E-state index in [-0.39, 0.29) is 34.0 Å². The maximum absolute atomic E-state index is 13.5. The normalized spacial score (nSPS) is 14.5. The summed E-state index contributed by atoms with van der Waals surface area (Å²) < 4.78 is 30.6. The number of aromatic hydroxyl groups is 1. The molecule has 0 unspecified atom stereocenters. The van der Waals surface area contributed by atoms with Crippen LogP contribution >= 0.6 is 0 Å². The van der Waals surface area contributed by atoms with Crippen LogP contribution in [0.25, 0.3) is 11.0 Å². The zero-order valence-electron chi connectivity index (χ0n) is 16.1. The molecule has 2 aromatic carbocycles. The Morgan fingerprint density at radius 2 is 1.71 bits per heavy atom. The number of hydrogen-bond acceptors (Lipinski definition) is 6. The summed E-state index contributed by atoms with van der Waals surface area (Å²) in [5, 5.41) is 13.8. The second-order valence-corrected chi connectivity index (χ2v) is 8.58. The number of anilines is 1. The largest absolute Gasteiger partial charge is 0.505 e. The van der Waals surface area contributed by atoms with Crippen molar-refractivity contribution in [3.05, 3.63) is 94.4 Å². The topological polar surface area (TPSA) is 114 Å². The van der Waals surface area contributed by atoms with Gasteiger partial charge in [-0.1, -0.05) is 42.5 Å². The Labute approximate surface area is 177 Å². The maximum Gasteiger partial charge on any atom is 0.286 e. The van der Waals surface area contributed by atoms with Gasteiger partial charge in [-0.05, 0) is 29.8 Å². The van der Waals surface area contributed by atoms with E-state index in [1.165, 1.54) is 16.8 Å². The molecule has 2 aromatic heterocycles. The fraction of sp³-hybridized carbons (Fsp3) is 0.0455. The van der Waals surface area contributed by atoms with Crippen molar-refractivity contribution in [1.82, 2.24) is 9.55 Å². The average molecular weight is 432 g/mol. The smallest absolute Gasteiger partial charge is 0.286 e. The maximum atomic E-state index is 13.5. The van der Waals surface area contributed by atoms with E-state index < -0.39 is 21.3 Å². The quantitative estimate of drug-likeness (QED) is 0.515. The van der Waals surface area contributed by atoms with Crippen molar-refractivity contribution in [2.45, 2.75) is 11.4 Å². The Morgan fingerprint density at radius 3 is 2.52 bits per heavy atom. The lowest BCUT2D eigenvalue weighted by atomic mass is 10.1. The minimum Gasteiger partial charge on any atom is -0.505 e. The van der Waals surface area contributed by atoms with E-state index in [0.717, 1.165) is 5.56 Å². The van der Waals surface area contributed by atoms with Gasteiger partial charge in [0.15, 0.2) is 11.6 Å². The fourth-order valence-electron chi connectivity index (χ4n) is 3.62. The van der Waals surface area contributed by atoms with Crippen LogP contribution in [0.2, 0.25) is 0 Å². The third-order valence-electron chi connectivity index (χ3n) is 5.05. The zero-order chi connectivity index (χ0) is 21.6. The summed E-state index contributed by atoms with van der Waals surface area (Å²) in [6, 6.07) is 18.9. The van der Waals surface area contributed by atoms with E-state index in [0.29, 0.717) is 5.52 Å². The van der Waals surface area contributed by atoms with E-state index in [4.69, 9.17) is 0 Å². The molecule has 1 aliphatic rings. The highest BCUT2D eigenvalue weighted by atomic mass is 32.2. The number of hydrogen-bond donors (Lipinski definition) is 2. The van der Waals surface area contributed by atoms with Gasteiger partial charge >= 0.3 is 0 Å². The number of aromatic nitrogens is 2. The number of rotatable bonds is 3. The number of nitrogens with one attached hydrogen (secondary N) is 1. The SMILES string of the molecule is O=c1c(C2=NS(=O)(=O)c3ccccc3N2)c(O)c2ncccc2n1Cc1ccccc1. The van der Waals surface area contributed by atoms with E-state index in [9.17, 15) is 18.3 Å². The highest BCUT2D eigenvalue weighted by molar-refractivity contribution is 7.90. The number of nitrogens with zero attached hydrogens (tertiary/aromatic N) is 3. The number of para-hydroxylation sites is 1. The molecule has 1 aliphatic heterocycles. The minimum atomic E-state index is -4.05. The molecule has 0 bridgehead atoms. The molecule has 0 aliphatic carbocycles. The number of fused-ring (bicyclic) bond motifs is 2. The summed E-state index contributed by atoms with van der Waals surface area (Å²) in [5.41, 5.74) is 0.916. The number of amidine groups is 1. The van der Waals surface area contributed by atoms with Crippen LogP contribution in [0.4, 0.5) is 5.69 Å². The van der Waals surface area contributed by atoms with Crippen LogP contribution in [0.15, 0.2) is 87.0 Å². The van der Waals surface area contributed by atoms with Gasteiger partial charge in [-0.3, -0.25) is 9.78 Å². The lowest BCUT2D eigenvalue weighted by molar-refractivity contribution is 0.476. The van der Waals surface area contributed by atoms with Gasteiger partial charge in [-0.2, -0.15) is 8.42 Å². The number of sulfonamides is 1. The monoisotopic (exact) mass is 432 g/mol. The molecule has 8 nitrogen and oxygen atoms in total. The molecule has 31 heavy (non-hydrogen) atoms. The van der Waals surface area contributed by atoms with Crippen LogP contribution in [0, 0.1) is 0 Å². The first-order valence-corrected chi connectivity index (χ1v) is 10.9. The predicted molar refractivity (Wildman–Crippen MR) is 117 cm³/mol. The third kappa shape index (κ3) is 3.15. The Balaban J connectivity index is 1.77. The molecule has 0 saturated heterocycles. The zero-order valence-corrected chi connectivity index (χ0v) is 16.9. The summed E-state index contributed by atoms with van der Waals surface area (Å²) in [5.74, 6) is -0.665. The van der Waals surface area contributed by atoms with E-state index in [1.54, 1.807) is 30.3 Å². The average Bonchev–Trinajstić information content (AvgIpc) is 2.77. The number of benzene rings is 2. The van der Waals surface area contributed by atoms with Crippen LogP contribution in [0.5, 0.6) is 5.75 Å². The van der Waals surface area contributed by atoms with Crippen LogP contribution in [0.1, 0.15) is 11.1 Å². The molecule has 4 aromatic rings. The standard InChI is InChI=1S/C22H16N4O4S/c27-20-18(21-24-15-9-4-5-11-17(15)31(29,30)25-21)22(28)26(13-14-7-2-1-3-8-14)16-10-6-12-23-19(16)20/h1-12,27H,13H2,(H,24,25). The molecular weight excluding hydrogens is 416 g/mol. The van der Waals surface area contributed by atoms with Gasteiger partial charge in [-0.25, -0.2) is 0 Å². The Bertz CT molecular complexity index is 1530. The van der Waals surface area contributed by atoms with Crippen LogP contribution in [-0.2, 0) is 16.6 Å². The first-order valence-electron chi connectivity index (χ1n) is 9.41. The van der Waals surface area contributed by atoms with Crippen molar-refractivity contribution in [1.29, 1.82) is 0 Å². The molecule has 0 atom stereocenters. The molecule has 0 fully saturated rings. The Morgan fingerprint density at radius 1 is 0.968 bits per heavy atom. The van der Waals surface area contributed by atoms with Crippen LogP contribution in [0.3, 0.4) is 0 Å². The summed E-state index contributed by atoms with van der Waals surface area (Å²) in [6.07, 6.45) is 1.49. The van der Waals surface area contributed by atoms with Gasteiger partial charge in [0.2, 0.25) is 0 Å². The van der Waals surface area contributed by atoms with Crippen molar-refractivity contribution in [2.24, 2.45) is 4.40 Å². The summed E-state index contributed by atoms with van der Waals surface area (Å²) in [4.78, 5) is 17.7. The Hall–Kier alpha value is -3.98. The summed E-state index contributed by atoms with van der Waals surface area (Å²) in [6.45, 7) is 0.214. The molecule has 0 amide bonds. The van der Waals surface area contributed by atoms with E-state index in [1.807, 2.05) is 30.3 Å². The van der Waals surface area contributed by atoms with Crippen molar-refractivity contribution in [2.75, 3.05) is 5.32 Å². The first-order chi connectivity index (χ1) is 15.0. The van der Waals surface area contributed by atoms with Gasteiger partial charge in [-0.15, -0.1) is 4.40 Å². The molecule has 5 rings (SSSR count). The van der Waals surface area contributed by atoms with Gasteiger partial charge in [0.05, 0.1) is 17.7 Å². The molecule has 3 heterocycles. The van der Waals surface area contributed by atoms with Crippen LogP contribution < -0.4 is 10.9 Å². The van der Waals surface area contributed by atoms with Crippen molar-refractivity contribution in [3.63, 3.8) is 0 Å². The number of pyridine rings is 2. The lowest BCUT2D eigenvalue weighted by Gasteiger charge is -2.20. The molecule has 0 saturated carbocycles. The summed E-state index contributed by atoms with van der Waals surface area (Å²) >= 11 is 0. The van der Waals surface area contributed by atoms with Gasteiger partial charge in [0.1, 0.15) is 16.0 Å². The highest BCUT2D eigenvalue weighted by Crippen LogP contribution is 2.31. The summed E-state index contributed by atoms with van der Waals surface area (Å²) in [7, 11) is -4.05. The molecule has 2 N–H and O–H groups in total. The fourth-order valence-corrected chi connectivity index (χ4v) is 4.74. The second kappa shape index (κ2) is 7.06. The van der Waals surface area contributed by atoms with Crippen molar-refractivity contribution < 1.29 is 13.5 Å². The van der Waals surface area contributed by atoms with Gasteiger partial charge < -0.3 is 15.0 Å². The Kier molecular flexibility index (Phi) is 4.33. The third-order valence-corrected chi connectivity index (χ3v) is 6.38. The molecule has 154 valence electrons. The molecular formula is C22H16N4O4S. The van der Waals surface area contributed by atoms with Crippen LogP contribution in [-0.4, -0.2) is 28.9 Å². The van der Waals surface area contributed by atoms with Gasteiger partial charge in [0.25, 0.3) is 15.6 Å². The highest BCUT2D eigenvalue weighted by Gasteiger charge is 2.29. The second-order valence-electron chi connectivity index (χ2n) is 7.01. The van der Waals surface area contributed by atoms with E-state index >= 15 is 0 Å². The van der Waals surface area contributed by atoms with E-state index in [2.05, 4.69) is 14.7 Å². The first kappa shape index (κ1) is 19.0. The van der Waals surface area contributed by atoms with Crippen molar-refractivity contribution >= 4 is 32.6 Å². The molecule has 0 radical (unpaired) electrons. The van der Waals surface area contributed by atoms with Crippen molar-refractivity contribution in [3.8, 4) is 5.75 Å². The predicted octanol–water partition coefficient (Wildman–Crippen LogP) is 2.71. The molecule has 0 spiro atoms. The lowest BCUT2D eigenvalue weighted by Crippen LogP contribution is -2.33.